The molecule has 11 nitrogen and oxygen atoms in total. The molecular formula is C17H19FN8O3S. The van der Waals surface area contributed by atoms with Crippen molar-refractivity contribution in [1.82, 2.24) is 39.6 Å². The Morgan fingerprint density at radius 2 is 2.00 bits per heavy atom. The summed E-state index contributed by atoms with van der Waals surface area (Å²) in [6.45, 7) is 1.29. The van der Waals surface area contributed by atoms with Gasteiger partial charge in [0.1, 0.15) is 18.1 Å². The zero-order chi connectivity index (χ0) is 21.1. The number of benzene rings is 1. The van der Waals surface area contributed by atoms with E-state index >= 15 is 0 Å². The molecule has 13 heteroatoms. The topological polar surface area (TPSA) is 128 Å². The summed E-state index contributed by atoms with van der Waals surface area (Å²) in [7, 11) is -3.86. The molecule has 3 heterocycles. The van der Waals surface area contributed by atoms with Gasteiger partial charge in [0, 0.05) is 26.1 Å². The molecule has 1 amide bonds. The maximum atomic E-state index is 13.2. The number of likely N-dealkylation sites (tertiary alicyclic amines) is 1. The fourth-order valence-electron chi connectivity index (χ4n) is 3.03. The van der Waals surface area contributed by atoms with E-state index in [0.717, 1.165) is 12.1 Å². The average Bonchev–Trinajstić information content (AvgIpc) is 3.33. The van der Waals surface area contributed by atoms with Crippen LogP contribution in [0.2, 0.25) is 0 Å². The lowest BCUT2D eigenvalue weighted by Gasteiger charge is -2.38. The van der Waals surface area contributed by atoms with Crippen molar-refractivity contribution < 1.29 is 17.6 Å². The molecule has 4 rings (SSSR count). The van der Waals surface area contributed by atoms with Crippen LogP contribution in [0.15, 0.2) is 47.8 Å². The number of amides is 1. The molecular weight excluding hydrogens is 415 g/mol. The zero-order valence-electron chi connectivity index (χ0n) is 15.8. The molecule has 2 aromatic heterocycles. The molecule has 30 heavy (non-hydrogen) atoms. The number of nitrogens with zero attached hydrogens (tertiary/aromatic N) is 7. The Kier molecular flexibility index (Phi) is 5.55. The Balaban J connectivity index is 1.22. The molecule has 0 unspecified atom stereocenters. The molecule has 1 aliphatic rings. The number of halogens is 1. The average molecular weight is 434 g/mol. The Morgan fingerprint density at radius 3 is 2.73 bits per heavy atom. The van der Waals surface area contributed by atoms with Crippen molar-refractivity contribution in [2.45, 2.75) is 23.9 Å². The lowest BCUT2D eigenvalue weighted by atomic mass is 10.1. The summed E-state index contributed by atoms with van der Waals surface area (Å²) in [4.78, 5) is 15.2. The Morgan fingerprint density at radius 1 is 1.23 bits per heavy atom. The van der Waals surface area contributed by atoms with Crippen LogP contribution >= 0.6 is 0 Å². The quantitative estimate of drug-likeness (QED) is 0.520. The molecule has 1 N–H and O–H groups in total. The lowest BCUT2D eigenvalue weighted by Crippen LogP contribution is -2.51. The molecule has 0 aliphatic carbocycles. The molecule has 0 spiro atoms. The van der Waals surface area contributed by atoms with Gasteiger partial charge in [0.05, 0.1) is 29.5 Å². The maximum absolute atomic E-state index is 13.2. The van der Waals surface area contributed by atoms with Crippen molar-refractivity contribution in [3.8, 4) is 0 Å². The number of aromatic nitrogens is 6. The number of carbonyl (C=O) groups is 1. The SMILES string of the molecule is O=C(CCNS(=O)(=O)c1cccc(F)c1)N1CC(n2cc(Cn3nccn3)nn2)C1. The van der Waals surface area contributed by atoms with Gasteiger partial charge in [0.2, 0.25) is 15.9 Å². The Bertz CT molecular complexity index is 1130. The first-order chi connectivity index (χ1) is 14.4. The van der Waals surface area contributed by atoms with Crippen LogP contribution in [0, 0.1) is 5.82 Å². The van der Waals surface area contributed by atoms with E-state index in [-0.39, 0.29) is 29.8 Å². The lowest BCUT2D eigenvalue weighted by molar-refractivity contribution is -0.137. The summed E-state index contributed by atoms with van der Waals surface area (Å²) >= 11 is 0. The molecule has 0 bridgehead atoms. The van der Waals surface area contributed by atoms with E-state index in [9.17, 15) is 17.6 Å². The number of rotatable bonds is 8. The van der Waals surface area contributed by atoms with E-state index in [1.165, 1.54) is 16.9 Å². The molecule has 1 saturated heterocycles. The number of nitrogens with one attached hydrogen (secondary N) is 1. The molecule has 0 radical (unpaired) electrons. The number of carbonyl (C=O) groups excluding carboxylic acids is 1. The van der Waals surface area contributed by atoms with Gasteiger partial charge in [-0.2, -0.15) is 15.0 Å². The van der Waals surface area contributed by atoms with Crippen LogP contribution in [-0.2, 0) is 21.4 Å². The molecule has 1 fully saturated rings. The van der Waals surface area contributed by atoms with Crippen LogP contribution in [0.25, 0.3) is 0 Å². The minimum atomic E-state index is -3.86. The second kappa shape index (κ2) is 8.28. The highest BCUT2D eigenvalue weighted by atomic mass is 32.2. The fourth-order valence-corrected chi connectivity index (χ4v) is 4.09. The van der Waals surface area contributed by atoms with Crippen molar-refractivity contribution in [2.24, 2.45) is 0 Å². The zero-order valence-corrected chi connectivity index (χ0v) is 16.6. The molecule has 158 valence electrons. The van der Waals surface area contributed by atoms with E-state index in [0.29, 0.717) is 25.3 Å². The standard InChI is InChI=1S/C17H19FN8O3S/c18-13-2-1-3-16(8-13)30(28,29)21-5-4-17(27)24-11-15(12-24)25-9-14(22-23-25)10-26-19-6-7-20-26/h1-3,6-9,15,21H,4-5,10-12H2. The summed E-state index contributed by atoms with van der Waals surface area (Å²) in [6, 6.07) is 4.72. The summed E-state index contributed by atoms with van der Waals surface area (Å²) < 4.78 is 41.5. The van der Waals surface area contributed by atoms with Crippen LogP contribution in [0.1, 0.15) is 18.2 Å². The highest BCUT2D eigenvalue weighted by molar-refractivity contribution is 7.89. The van der Waals surface area contributed by atoms with Crippen molar-refractivity contribution in [1.29, 1.82) is 0 Å². The van der Waals surface area contributed by atoms with Gasteiger partial charge in [-0.1, -0.05) is 11.3 Å². The molecule has 1 aliphatic heterocycles. The van der Waals surface area contributed by atoms with E-state index in [2.05, 4.69) is 25.2 Å². The predicted octanol–water partition coefficient (Wildman–Crippen LogP) is -0.191. The van der Waals surface area contributed by atoms with Crippen LogP contribution in [0.5, 0.6) is 0 Å². The highest BCUT2D eigenvalue weighted by Crippen LogP contribution is 2.21. The first-order valence-corrected chi connectivity index (χ1v) is 10.7. The fraction of sp³-hybridized carbons (Fsp3) is 0.353. The van der Waals surface area contributed by atoms with E-state index in [1.54, 1.807) is 28.2 Å². The normalized spacial score (nSPS) is 14.6. The summed E-state index contributed by atoms with van der Waals surface area (Å²) in [5.74, 6) is -0.813. The summed E-state index contributed by atoms with van der Waals surface area (Å²) in [6.07, 6.45) is 4.97. The van der Waals surface area contributed by atoms with Crippen LogP contribution in [0.3, 0.4) is 0 Å². The monoisotopic (exact) mass is 434 g/mol. The number of hydrogen-bond acceptors (Lipinski definition) is 7. The predicted molar refractivity (Wildman–Crippen MR) is 101 cm³/mol. The highest BCUT2D eigenvalue weighted by Gasteiger charge is 2.32. The second-order valence-corrected chi connectivity index (χ2v) is 8.57. The Hall–Kier alpha value is -3.19. The Labute approximate surface area is 171 Å². The van der Waals surface area contributed by atoms with Gasteiger partial charge in [0.15, 0.2) is 0 Å². The van der Waals surface area contributed by atoms with Crippen LogP contribution in [-0.4, -0.2) is 68.8 Å². The smallest absolute Gasteiger partial charge is 0.240 e. The first-order valence-electron chi connectivity index (χ1n) is 9.18. The molecule has 0 saturated carbocycles. The van der Waals surface area contributed by atoms with Crippen molar-refractivity contribution in [2.75, 3.05) is 19.6 Å². The van der Waals surface area contributed by atoms with Gasteiger partial charge in [-0.3, -0.25) is 4.79 Å². The third kappa shape index (κ3) is 4.52. The van der Waals surface area contributed by atoms with Crippen molar-refractivity contribution in [3.05, 3.63) is 54.4 Å². The van der Waals surface area contributed by atoms with Crippen LogP contribution in [0.4, 0.5) is 4.39 Å². The van der Waals surface area contributed by atoms with Gasteiger partial charge in [-0.25, -0.2) is 22.2 Å². The third-order valence-electron chi connectivity index (χ3n) is 4.65. The van der Waals surface area contributed by atoms with Crippen molar-refractivity contribution in [3.63, 3.8) is 0 Å². The summed E-state index contributed by atoms with van der Waals surface area (Å²) in [5, 5.41) is 16.2. The number of hydrogen-bond donors (Lipinski definition) is 1. The molecule has 3 aromatic rings. The minimum absolute atomic E-state index is 0.00877. The maximum Gasteiger partial charge on any atom is 0.240 e. The van der Waals surface area contributed by atoms with E-state index in [4.69, 9.17) is 0 Å². The second-order valence-electron chi connectivity index (χ2n) is 6.81. The van der Waals surface area contributed by atoms with E-state index < -0.39 is 15.8 Å². The van der Waals surface area contributed by atoms with Gasteiger partial charge in [-0.15, -0.1) is 5.10 Å². The summed E-state index contributed by atoms with van der Waals surface area (Å²) in [5.41, 5.74) is 0.711. The largest absolute Gasteiger partial charge is 0.338 e. The van der Waals surface area contributed by atoms with Gasteiger partial charge >= 0.3 is 0 Å². The molecule has 0 atom stereocenters. The van der Waals surface area contributed by atoms with Crippen LogP contribution < -0.4 is 4.72 Å². The van der Waals surface area contributed by atoms with Gasteiger partial charge in [0.25, 0.3) is 0 Å². The van der Waals surface area contributed by atoms with Gasteiger partial charge in [-0.05, 0) is 18.2 Å². The van der Waals surface area contributed by atoms with E-state index in [1.807, 2.05) is 0 Å². The van der Waals surface area contributed by atoms with Gasteiger partial charge < -0.3 is 4.90 Å². The van der Waals surface area contributed by atoms with Crippen molar-refractivity contribution >= 4 is 15.9 Å². The third-order valence-corrected chi connectivity index (χ3v) is 6.11. The first kappa shape index (κ1) is 20.1. The molecule has 1 aromatic carbocycles. The minimum Gasteiger partial charge on any atom is -0.338 e. The number of sulfonamides is 1.